The number of hydrogen-bond acceptors (Lipinski definition) is 3. The van der Waals surface area contributed by atoms with E-state index in [2.05, 4.69) is 10.6 Å². The molecule has 0 spiro atoms. The SMILES string of the molecule is CC(SCC(=O)Nc1ccc(Cl)cc1)C(=O)Nc1ccccc1Cl. The van der Waals surface area contributed by atoms with Crippen LogP contribution in [0.5, 0.6) is 0 Å². The summed E-state index contributed by atoms with van der Waals surface area (Å²) in [5.41, 5.74) is 1.22. The predicted octanol–water partition coefficient (Wildman–Crippen LogP) is 4.69. The van der Waals surface area contributed by atoms with E-state index < -0.39 is 5.25 Å². The Balaban J connectivity index is 1.80. The van der Waals surface area contributed by atoms with Crippen molar-refractivity contribution >= 4 is 58.2 Å². The molecule has 2 aromatic rings. The van der Waals surface area contributed by atoms with Crippen molar-refractivity contribution in [2.75, 3.05) is 16.4 Å². The molecule has 1 atom stereocenters. The second kappa shape index (κ2) is 8.97. The molecule has 0 saturated carbocycles. The zero-order valence-corrected chi connectivity index (χ0v) is 15.2. The fourth-order valence-corrected chi connectivity index (χ4v) is 2.80. The molecule has 1 unspecified atom stereocenters. The first-order chi connectivity index (χ1) is 11.5. The highest BCUT2D eigenvalue weighted by molar-refractivity contribution is 8.01. The first-order valence-corrected chi connectivity index (χ1v) is 8.98. The summed E-state index contributed by atoms with van der Waals surface area (Å²) in [6, 6.07) is 13.8. The minimum absolute atomic E-state index is 0.166. The standard InChI is InChI=1S/C17H16Cl2N2O2S/c1-11(17(23)21-15-5-3-2-4-14(15)19)24-10-16(22)20-13-8-6-12(18)7-9-13/h2-9,11H,10H2,1H3,(H,20,22)(H,21,23). The Bertz CT molecular complexity index is 723. The molecular formula is C17H16Cl2N2O2S. The van der Waals surface area contributed by atoms with Crippen molar-refractivity contribution < 1.29 is 9.59 Å². The van der Waals surface area contributed by atoms with Crippen molar-refractivity contribution in [3.05, 3.63) is 58.6 Å². The van der Waals surface area contributed by atoms with Gasteiger partial charge < -0.3 is 10.6 Å². The Hall–Kier alpha value is -1.69. The Morgan fingerprint density at radius 3 is 2.38 bits per heavy atom. The fourth-order valence-electron chi connectivity index (χ4n) is 1.80. The number of nitrogens with one attached hydrogen (secondary N) is 2. The maximum atomic E-state index is 12.1. The average Bonchev–Trinajstić information content (AvgIpc) is 2.56. The molecule has 0 bridgehead atoms. The molecule has 0 heterocycles. The molecule has 0 saturated heterocycles. The average molecular weight is 383 g/mol. The van der Waals surface area contributed by atoms with Crippen LogP contribution in [0.2, 0.25) is 10.0 Å². The topological polar surface area (TPSA) is 58.2 Å². The molecule has 2 aromatic carbocycles. The first-order valence-electron chi connectivity index (χ1n) is 7.18. The summed E-state index contributed by atoms with van der Waals surface area (Å²) in [7, 11) is 0. The van der Waals surface area contributed by atoms with Crippen molar-refractivity contribution in [1.29, 1.82) is 0 Å². The van der Waals surface area contributed by atoms with Crippen molar-refractivity contribution in [3.63, 3.8) is 0 Å². The highest BCUT2D eigenvalue weighted by Gasteiger charge is 2.16. The number of carbonyl (C=O) groups is 2. The molecule has 7 heteroatoms. The van der Waals surface area contributed by atoms with Crippen LogP contribution in [0.3, 0.4) is 0 Å². The molecule has 126 valence electrons. The smallest absolute Gasteiger partial charge is 0.237 e. The molecular weight excluding hydrogens is 367 g/mol. The molecule has 0 aliphatic rings. The molecule has 2 N–H and O–H groups in total. The van der Waals surface area contributed by atoms with E-state index >= 15 is 0 Å². The van der Waals surface area contributed by atoms with Gasteiger partial charge >= 0.3 is 0 Å². The Morgan fingerprint density at radius 2 is 1.71 bits per heavy atom. The number of thioether (sulfide) groups is 1. The highest BCUT2D eigenvalue weighted by Crippen LogP contribution is 2.22. The highest BCUT2D eigenvalue weighted by atomic mass is 35.5. The molecule has 24 heavy (non-hydrogen) atoms. The van der Waals surface area contributed by atoms with Gasteiger partial charge in [-0.2, -0.15) is 0 Å². The Kier molecular flexibility index (Phi) is 6.97. The first kappa shape index (κ1) is 18.6. The van der Waals surface area contributed by atoms with Gasteiger partial charge in [0, 0.05) is 10.7 Å². The molecule has 0 aromatic heterocycles. The van der Waals surface area contributed by atoms with Gasteiger partial charge in [0.05, 0.1) is 21.7 Å². The van der Waals surface area contributed by atoms with Gasteiger partial charge in [-0.3, -0.25) is 9.59 Å². The van der Waals surface area contributed by atoms with Crippen LogP contribution in [-0.2, 0) is 9.59 Å². The summed E-state index contributed by atoms with van der Waals surface area (Å²) in [5, 5.41) is 6.19. The third-order valence-electron chi connectivity index (χ3n) is 3.09. The third-order valence-corrected chi connectivity index (χ3v) is 4.82. The van der Waals surface area contributed by atoms with Crippen LogP contribution in [0, 0.1) is 0 Å². The summed E-state index contributed by atoms with van der Waals surface area (Å²) < 4.78 is 0. The largest absolute Gasteiger partial charge is 0.325 e. The Morgan fingerprint density at radius 1 is 1.04 bits per heavy atom. The lowest BCUT2D eigenvalue weighted by Gasteiger charge is -2.13. The number of benzene rings is 2. The fraction of sp³-hybridized carbons (Fsp3) is 0.176. The van der Waals surface area contributed by atoms with E-state index in [0.717, 1.165) is 0 Å². The van der Waals surface area contributed by atoms with Crippen molar-refractivity contribution in [3.8, 4) is 0 Å². The lowest BCUT2D eigenvalue weighted by Crippen LogP contribution is -2.25. The molecule has 0 fully saturated rings. The number of rotatable bonds is 6. The number of halogens is 2. The van der Waals surface area contributed by atoms with Gasteiger partial charge in [0.2, 0.25) is 11.8 Å². The zero-order chi connectivity index (χ0) is 17.5. The van der Waals surface area contributed by atoms with Gasteiger partial charge in [-0.05, 0) is 43.3 Å². The second-order valence-corrected chi connectivity index (χ2v) is 7.15. The van der Waals surface area contributed by atoms with Gasteiger partial charge in [0.15, 0.2) is 0 Å². The van der Waals surface area contributed by atoms with Crippen LogP contribution in [-0.4, -0.2) is 22.8 Å². The number of anilines is 2. The summed E-state index contributed by atoms with van der Waals surface area (Å²) in [6.07, 6.45) is 0. The number of hydrogen-bond donors (Lipinski definition) is 2. The lowest BCUT2D eigenvalue weighted by atomic mass is 10.3. The van der Waals surface area contributed by atoms with Crippen LogP contribution in [0.1, 0.15) is 6.92 Å². The number of amides is 2. The third kappa shape index (κ3) is 5.74. The normalized spacial score (nSPS) is 11.6. The van der Waals surface area contributed by atoms with Crippen molar-refractivity contribution in [1.82, 2.24) is 0 Å². The maximum Gasteiger partial charge on any atom is 0.237 e. The maximum absolute atomic E-state index is 12.1. The van der Waals surface area contributed by atoms with Crippen LogP contribution in [0.4, 0.5) is 11.4 Å². The van der Waals surface area contributed by atoms with E-state index in [-0.39, 0.29) is 17.6 Å². The van der Waals surface area contributed by atoms with Gasteiger partial charge in [-0.25, -0.2) is 0 Å². The van der Waals surface area contributed by atoms with E-state index in [9.17, 15) is 9.59 Å². The molecule has 2 amide bonds. The monoisotopic (exact) mass is 382 g/mol. The Labute approximate surface area is 154 Å². The molecule has 4 nitrogen and oxygen atoms in total. The van der Waals surface area contributed by atoms with Crippen LogP contribution in [0.25, 0.3) is 0 Å². The summed E-state index contributed by atoms with van der Waals surface area (Å²) in [6.45, 7) is 1.74. The van der Waals surface area contributed by atoms with E-state index in [1.165, 1.54) is 11.8 Å². The van der Waals surface area contributed by atoms with E-state index in [4.69, 9.17) is 23.2 Å². The lowest BCUT2D eigenvalue weighted by molar-refractivity contribution is -0.115. The van der Waals surface area contributed by atoms with Gasteiger partial charge in [0.25, 0.3) is 0 Å². The molecule has 2 rings (SSSR count). The minimum Gasteiger partial charge on any atom is -0.325 e. The second-order valence-electron chi connectivity index (χ2n) is 4.98. The summed E-state index contributed by atoms with van der Waals surface area (Å²) >= 11 is 13.0. The number of carbonyl (C=O) groups excluding carboxylic acids is 2. The predicted molar refractivity (Wildman–Crippen MR) is 102 cm³/mol. The minimum atomic E-state index is -0.391. The van der Waals surface area contributed by atoms with Gasteiger partial charge in [-0.1, -0.05) is 35.3 Å². The van der Waals surface area contributed by atoms with Crippen LogP contribution >= 0.6 is 35.0 Å². The molecule has 0 aliphatic carbocycles. The molecule has 0 aliphatic heterocycles. The van der Waals surface area contributed by atoms with E-state index in [0.29, 0.717) is 21.4 Å². The summed E-state index contributed by atoms with van der Waals surface area (Å²) in [4.78, 5) is 24.1. The summed E-state index contributed by atoms with van der Waals surface area (Å²) in [5.74, 6) is -0.216. The van der Waals surface area contributed by atoms with Crippen LogP contribution < -0.4 is 10.6 Å². The van der Waals surface area contributed by atoms with E-state index in [1.807, 2.05) is 0 Å². The van der Waals surface area contributed by atoms with Gasteiger partial charge in [-0.15, -0.1) is 11.8 Å². The van der Waals surface area contributed by atoms with Crippen molar-refractivity contribution in [2.45, 2.75) is 12.2 Å². The zero-order valence-electron chi connectivity index (χ0n) is 12.9. The van der Waals surface area contributed by atoms with Crippen molar-refractivity contribution in [2.24, 2.45) is 0 Å². The quantitative estimate of drug-likeness (QED) is 0.761. The van der Waals surface area contributed by atoms with E-state index in [1.54, 1.807) is 55.5 Å². The van der Waals surface area contributed by atoms with Crippen LogP contribution in [0.15, 0.2) is 48.5 Å². The molecule has 0 radical (unpaired) electrons. The number of para-hydroxylation sites is 1. The van der Waals surface area contributed by atoms with Gasteiger partial charge in [0.1, 0.15) is 0 Å².